The first-order valence-electron chi connectivity index (χ1n) is 6.14. The number of hydrogen-bond acceptors (Lipinski definition) is 2. The molecule has 0 aliphatic rings. The molecule has 3 nitrogen and oxygen atoms in total. The Morgan fingerprint density at radius 2 is 1.47 bits per heavy atom. The van der Waals surface area contributed by atoms with Gasteiger partial charge < -0.3 is 5.11 Å². The van der Waals surface area contributed by atoms with Gasteiger partial charge in [-0.05, 0) is 30.8 Å². The molecule has 0 aliphatic carbocycles. The van der Waals surface area contributed by atoms with E-state index in [1.165, 1.54) is 0 Å². The van der Waals surface area contributed by atoms with Crippen LogP contribution in [-0.2, 0) is 4.79 Å². The average molecular weight is 255 g/mol. The van der Waals surface area contributed by atoms with Crippen molar-refractivity contribution in [1.82, 2.24) is 4.90 Å². The molecule has 19 heavy (non-hydrogen) atoms. The Morgan fingerprint density at radius 3 is 1.95 bits per heavy atom. The van der Waals surface area contributed by atoms with Gasteiger partial charge in [0.05, 0.1) is 0 Å². The van der Waals surface area contributed by atoms with E-state index in [0.717, 1.165) is 16.7 Å². The van der Waals surface area contributed by atoms with E-state index in [-0.39, 0.29) is 0 Å². The first-order valence-corrected chi connectivity index (χ1v) is 6.14. The summed E-state index contributed by atoms with van der Waals surface area (Å²) < 4.78 is 0. The molecule has 0 saturated carbocycles. The van der Waals surface area contributed by atoms with Crippen LogP contribution in [0.3, 0.4) is 0 Å². The highest BCUT2D eigenvalue weighted by molar-refractivity contribution is 5.76. The molecule has 1 atom stereocenters. The number of rotatable bonds is 4. The number of hydrogen-bond donors (Lipinski definition) is 1. The molecule has 3 heteroatoms. The maximum atomic E-state index is 11.3. The van der Waals surface area contributed by atoms with E-state index in [4.69, 9.17) is 0 Å². The zero-order valence-corrected chi connectivity index (χ0v) is 11.1. The first-order chi connectivity index (χ1) is 9.09. The second-order valence-electron chi connectivity index (χ2n) is 4.69. The number of likely N-dealkylation sites (N-methyl/N-ethyl adjacent to an activating group) is 1. The lowest BCUT2D eigenvalue weighted by Crippen LogP contribution is -2.27. The van der Waals surface area contributed by atoms with Crippen molar-refractivity contribution in [2.45, 2.75) is 6.04 Å². The molecule has 0 radical (unpaired) electrons. The molecule has 0 fully saturated rings. The molecule has 0 aromatic heterocycles. The van der Waals surface area contributed by atoms with Crippen molar-refractivity contribution in [3.8, 4) is 11.1 Å². The van der Waals surface area contributed by atoms with Crippen molar-refractivity contribution < 1.29 is 9.90 Å². The number of aliphatic carboxylic acids is 1. The molecule has 2 aromatic rings. The fourth-order valence-electron chi connectivity index (χ4n) is 2.15. The fourth-order valence-corrected chi connectivity index (χ4v) is 2.15. The number of benzene rings is 2. The second kappa shape index (κ2) is 5.67. The fraction of sp³-hybridized carbons (Fsp3) is 0.188. The Morgan fingerprint density at radius 1 is 0.947 bits per heavy atom. The first kappa shape index (κ1) is 13.3. The van der Waals surface area contributed by atoms with Crippen molar-refractivity contribution in [2.24, 2.45) is 0 Å². The van der Waals surface area contributed by atoms with Gasteiger partial charge in [0.1, 0.15) is 6.04 Å². The third-order valence-corrected chi connectivity index (χ3v) is 3.08. The standard InChI is InChI=1S/C16H17NO2/c1-17(2)15(16(18)19)14-10-8-13(9-11-14)12-6-4-3-5-7-12/h3-11,15H,1-2H3,(H,18,19). The summed E-state index contributed by atoms with van der Waals surface area (Å²) in [6, 6.07) is 17.1. The lowest BCUT2D eigenvalue weighted by Gasteiger charge is -2.20. The van der Waals surface area contributed by atoms with E-state index in [0.29, 0.717) is 0 Å². The van der Waals surface area contributed by atoms with Crippen LogP contribution in [-0.4, -0.2) is 30.1 Å². The lowest BCUT2D eigenvalue weighted by molar-refractivity contribution is -0.142. The Balaban J connectivity index is 2.30. The highest BCUT2D eigenvalue weighted by Gasteiger charge is 2.21. The SMILES string of the molecule is CN(C)C(C(=O)O)c1ccc(-c2ccccc2)cc1. The van der Waals surface area contributed by atoms with Gasteiger partial charge in [-0.2, -0.15) is 0 Å². The summed E-state index contributed by atoms with van der Waals surface area (Å²) in [5, 5.41) is 9.24. The van der Waals surface area contributed by atoms with Crippen molar-refractivity contribution in [3.05, 3.63) is 60.2 Å². The van der Waals surface area contributed by atoms with Crippen LogP contribution in [0.2, 0.25) is 0 Å². The lowest BCUT2D eigenvalue weighted by atomic mass is 10.0. The largest absolute Gasteiger partial charge is 0.480 e. The molecule has 1 unspecified atom stereocenters. The molecule has 2 rings (SSSR count). The van der Waals surface area contributed by atoms with Gasteiger partial charge in [-0.1, -0.05) is 54.6 Å². The van der Waals surface area contributed by atoms with Gasteiger partial charge in [0.15, 0.2) is 0 Å². The monoisotopic (exact) mass is 255 g/mol. The molecule has 2 aromatic carbocycles. The Bertz CT molecular complexity index is 547. The quantitative estimate of drug-likeness (QED) is 0.912. The van der Waals surface area contributed by atoms with Crippen LogP contribution in [0.4, 0.5) is 0 Å². The Hall–Kier alpha value is -2.13. The molecule has 0 spiro atoms. The smallest absolute Gasteiger partial charge is 0.325 e. The van der Waals surface area contributed by atoms with Crippen LogP contribution >= 0.6 is 0 Å². The number of carboxylic acids is 1. The van der Waals surface area contributed by atoms with E-state index < -0.39 is 12.0 Å². The summed E-state index contributed by atoms with van der Waals surface area (Å²) >= 11 is 0. The van der Waals surface area contributed by atoms with Crippen LogP contribution in [0.15, 0.2) is 54.6 Å². The third kappa shape index (κ3) is 3.01. The molecular formula is C16H17NO2. The normalized spacial score (nSPS) is 12.4. The Kier molecular flexibility index (Phi) is 3.97. The second-order valence-corrected chi connectivity index (χ2v) is 4.69. The van der Waals surface area contributed by atoms with E-state index in [1.54, 1.807) is 19.0 Å². The topological polar surface area (TPSA) is 40.5 Å². The summed E-state index contributed by atoms with van der Waals surface area (Å²) in [5.74, 6) is -0.836. The van der Waals surface area contributed by atoms with Crippen LogP contribution in [0.1, 0.15) is 11.6 Å². The van der Waals surface area contributed by atoms with E-state index >= 15 is 0 Å². The van der Waals surface area contributed by atoms with Crippen LogP contribution < -0.4 is 0 Å². The summed E-state index contributed by atoms with van der Waals surface area (Å²) in [4.78, 5) is 12.9. The number of nitrogens with zero attached hydrogens (tertiary/aromatic N) is 1. The number of carboxylic acid groups (broad SMARTS) is 1. The van der Waals surface area contributed by atoms with E-state index in [2.05, 4.69) is 0 Å². The molecule has 1 N–H and O–H groups in total. The minimum Gasteiger partial charge on any atom is -0.480 e. The molecule has 98 valence electrons. The van der Waals surface area contributed by atoms with Gasteiger partial charge in [0.25, 0.3) is 0 Å². The van der Waals surface area contributed by atoms with E-state index in [9.17, 15) is 9.90 Å². The summed E-state index contributed by atoms with van der Waals surface area (Å²) in [6.45, 7) is 0. The Labute approximate surface area is 113 Å². The zero-order valence-electron chi connectivity index (χ0n) is 11.1. The van der Waals surface area contributed by atoms with Crippen LogP contribution in [0, 0.1) is 0 Å². The molecule has 0 aliphatic heterocycles. The molecule has 0 saturated heterocycles. The highest BCUT2D eigenvalue weighted by atomic mass is 16.4. The van der Waals surface area contributed by atoms with Gasteiger partial charge in [0, 0.05) is 0 Å². The van der Waals surface area contributed by atoms with Gasteiger partial charge in [-0.3, -0.25) is 9.69 Å². The van der Waals surface area contributed by atoms with E-state index in [1.807, 2.05) is 54.6 Å². The molecule has 0 heterocycles. The van der Waals surface area contributed by atoms with Crippen LogP contribution in [0.5, 0.6) is 0 Å². The van der Waals surface area contributed by atoms with Crippen molar-refractivity contribution >= 4 is 5.97 Å². The van der Waals surface area contributed by atoms with Gasteiger partial charge in [-0.25, -0.2) is 0 Å². The zero-order chi connectivity index (χ0) is 13.8. The minimum atomic E-state index is -0.836. The maximum Gasteiger partial charge on any atom is 0.325 e. The highest BCUT2D eigenvalue weighted by Crippen LogP contribution is 2.23. The van der Waals surface area contributed by atoms with Gasteiger partial charge >= 0.3 is 5.97 Å². The average Bonchev–Trinajstić information content (AvgIpc) is 2.40. The summed E-state index contributed by atoms with van der Waals surface area (Å²) in [5.41, 5.74) is 3.01. The predicted octanol–water partition coefficient (Wildman–Crippen LogP) is 3.04. The molecule has 0 amide bonds. The summed E-state index contributed by atoms with van der Waals surface area (Å²) in [6.07, 6.45) is 0. The number of carbonyl (C=O) groups is 1. The van der Waals surface area contributed by atoms with Crippen molar-refractivity contribution in [1.29, 1.82) is 0 Å². The maximum absolute atomic E-state index is 11.3. The molecular weight excluding hydrogens is 238 g/mol. The predicted molar refractivity (Wildman–Crippen MR) is 75.9 cm³/mol. The van der Waals surface area contributed by atoms with Crippen molar-refractivity contribution in [2.75, 3.05) is 14.1 Å². The minimum absolute atomic E-state index is 0.607. The third-order valence-electron chi connectivity index (χ3n) is 3.08. The molecule has 0 bridgehead atoms. The van der Waals surface area contributed by atoms with Crippen LogP contribution in [0.25, 0.3) is 11.1 Å². The van der Waals surface area contributed by atoms with Gasteiger partial charge in [-0.15, -0.1) is 0 Å². The summed E-state index contributed by atoms with van der Waals surface area (Å²) in [7, 11) is 3.54. The van der Waals surface area contributed by atoms with Crippen molar-refractivity contribution in [3.63, 3.8) is 0 Å². The van der Waals surface area contributed by atoms with Gasteiger partial charge in [0.2, 0.25) is 0 Å².